The summed E-state index contributed by atoms with van der Waals surface area (Å²) >= 11 is 1.63. The molecular formula is C20H25N3OS. The summed E-state index contributed by atoms with van der Waals surface area (Å²) in [5, 5.41) is 2.14. The second-order valence-electron chi connectivity index (χ2n) is 5.31. The van der Waals surface area contributed by atoms with Gasteiger partial charge in [0.2, 0.25) is 0 Å². The molecule has 0 bridgehead atoms. The van der Waals surface area contributed by atoms with Crippen LogP contribution in [0.5, 0.6) is 5.75 Å². The van der Waals surface area contributed by atoms with Crippen LogP contribution in [0, 0.1) is 0 Å². The maximum atomic E-state index is 5.70. The van der Waals surface area contributed by atoms with Crippen molar-refractivity contribution >= 4 is 11.3 Å². The van der Waals surface area contributed by atoms with E-state index in [1.54, 1.807) is 18.4 Å². The number of nitrogens with zero attached hydrogens (tertiary/aromatic N) is 2. The molecule has 0 amide bonds. The summed E-state index contributed by atoms with van der Waals surface area (Å²) in [6.07, 6.45) is 12.6. The second-order valence-corrected chi connectivity index (χ2v) is 6.14. The van der Waals surface area contributed by atoms with Crippen molar-refractivity contribution in [2.75, 3.05) is 13.7 Å². The van der Waals surface area contributed by atoms with Gasteiger partial charge in [-0.05, 0) is 55.8 Å². The predicted octanol–water partition coefficient (Wildman–Crippen LogP) is 4.12. The molecule has 1 aromatic heterocycles. The van der Waals surface area contributed by atoms with Crippen LogP contribution in [0.1, 0.15) is 13.3 Å². The van der Waals surface area contributed by atoms with Crippen LogP contribution in [0.3, 0.4) is 0 Å². The van der Waals surface area contributed by atoms with Crippen molar-refractivity contribution in [2.45, 2.75) is 19.9 Å². The van der Waals surface area contributed by atoms with Gasteiger partial charge < -0.3 is 15.0 Å². The van der Waals surface area contributed by atoms with Gasteiger partial charge in [-0.1, -0.05) is 24.3 Å². The standard InChI is InChI=1S/C20H25N3OS/c1-3-4-5-6-7-14-22-20-23(15-8-13-21)19(16-25-20)17-9-11-18(24-2)12-10-17/h3-7,9-12,14,16H,8,13,15,21H2,1-2H3/b4-3-,6-5-,14-7+,22-20?. The van der Waals surface area contributed by atoms with Crippen molar-refractivity contribution in [2.24, 2.45) is 10.7 Å². The molecule has 0 saturated heterocycles. The quantitative estimate of drug-likeness (QED) is 0.724. The number of ether oxygens (including phenoxy) is 1. The van der Waals surface area contributed by atoms with E-state index < -0.39 is 0 Å². The number of hydrogen-bond acceptors (Lipinski definition) is 4. The van der Waals surface area contributed by atoms with Crippen LogP contribution < -0.4 is 15.3 Å². The first kappa shape index (κ1) is 19.0. The summed E-state index contributed by atoms with van der Waals surface area (Å²) in [6.45, 7) is 3.50. The van der Waals surface area contributed by atoms with Gasteiger partial charge in [0, 0.05) is 18.1 Å². The highest BCUT2D eigenvalue weighted by atomic mass is 32.1. The molecular weight excluding hydrogens is 330 g/mol. The fourth-order valence-electron chi connectivity index (χ4n) is 2.29. The first-order valence-corrected chi connectivity index (χ1v) is 9.19. The van der Waals surface area contributed by atoms with Crippen LogP contribution in [0.25, 0.3) is 11.3 Å². The van der Waals surface area contributed by atoms with E-state index in [0.717, 1.165) is 34.8 Å². The van der Waals surface area contributed by atoms with E-state index in [-0.39, 0.29) is 0 Å². The molecule has 5 heteroatoms. The monoisotopic (exact) mass is 355 g/mol. The largest absolute Gasteiger partial charge is 0.497 e. The number of hydrogen-bond donors (Lipinski definition) is 1. The molecule has 0 saturated carbocycles. The Balaban J connectivity index is 2.32. The Morgan fingerprint density at radius 1 is 1.16 bits per heavy atom. The van der Waals surface area contributed by atoms with Crippen LogP contribution in [-0.2, 0) is 6.54 Å². The van der Waals surface area contributed by atoms with E-state index in [4.69, 9.17) is 10.5 Å². The highest BCUT2D eigenvalue weighted by Crippen LogP contribution is 2.23. The molecule has 0 atom stereocenters. The first-order chi connectivity index (χ1) is 12.3. The molecule has 0 fully saturated rings. The summed E-state index contributed by atoms with van der Waals surface area (Å²) in [6, 6.07) is 8.09. The number of rotatable bonds is 8. The zero-order valence-corrected chi connectivity index (χ0v) is 15.6. The van der Waals surface area contributed by atoms with Crippen molar-refractivity contribution in [3.63, 3.8) is 0 Å². The molecule has 0 spiro atoms. The van der Waals surface area contributed by atoms with Gasteiger partial charge in [-0.2, -0.15) is 0 Å². The SMILES string of the molecule is C\C=C/C=C\C=C\N=c1scc(-c2ccc(OC)cc2)n1CCCN. The number of allylic oxidation sites excluding steroid dienone is 5. The van der Waals surface area contributed by atoms with Gasteiger partial charge in [-0.15, -0.1) is 11.3 Å². The van der Waals surface area contributed by atoms with E-state index in [9.17, 15) is 0 Å². The molecule has 1 heterocycles. The molecule has 0 aliphatic carbocycles. The average molecular weight is 356 g/mol. The van der Waals surface area contributed by atoms with Gasteiger partial charge in [-0.3, -0.25) is 0 Å². The predicted molar refractivity (Wildman–Crippen MR) is 107 cm³/mol. The first-order valence-electron chi connectivity index (χ1n) is 8.31. The lowest BCUT2D eigenvalue weighted by atomic mass is 10.1. The van der Waals surface area contributed by atoms with Gasteiger partial charge >= 0.3 is 0 Å². The fourth-order valence-corrected chi connectivity index (χ4v) is 3.20. The lowest BCUT2D eigenvalue weighted by molar-refractivity contribution is 0.415. The van der Waals surface area contributed by atoms with Crippen molar-refractivity contribution < 1.29 is 4.74 Å². The highest BCUT2D eigenvalue weighted by molar-refractivity contribution is 7.07. The van der Waals surface area contributed by atoms with E-state index >= 15 is 0 Å². The van der Waals surface area contributed by atoms with E-state index in [1.165, 1.54) is 0 Å². The number of aromatic nitrogens is 1. The average Bonchev–Trinajstić information content (AvgIpc) is 3.05. The third-order valence-electron chi connectivity index (χ3n) is 3.57. The van der Waals surface area contributed by atoms with Crippen molar-refractivity contribution in [3.8, 4) is 17.0 Å². The van der Waals surface area contributed by atoms with Gasteiger partial charge in [-0.25, -0.2) is 4.99 Å². The molecule has 2 rings (SSSR count). The Labute approximate surface area is 153 Å². The van der Waals surface area contributed by atoms with Crippen LogP contribution in [-0.4, -0.2) is 18.2 Å². The molecule has 25 heavy (non-hydrogen) atoms. The molecule has 0 unspecified atom stereocenters. The molecule has 2 aromatic rings. The topological polar surface area (TPSA) is 52.5 Å². The lowest BCUT2D eigenvalue weighted by Crippen LogP contribution is -2.17. The Morgan fingerprint density at radius 2 is 1.92 bits per heavy atom. The van der Waals surface area contributed by atoms with Crippen LogP contribution in [0.15, 0.2) is 71.2 Å². The number of nitrogens with two attached hydrogens (primary N) is 1. The molecule has 132 valence electrons. The Kier molecular flexibility index (Phi) is 7.95. The van der Waals surface area contributed by atoms with Gasteiger partial charge in [0.15, 0.2) is 4.80 Å². The molecule has 0 aliphatic rings. The molecule has 2 N–H and O–H groups in total. The van der Waals surface area contributed by atoms with Crippen molar-refractivity contribution in [3.05, 3.63) is 71.0 Å². The summed E-state index contributed by atoms with van der Waals surface area (Å²) in [4.78, 5) is 5.56. The molecule has 0 radical (unpaired) electrons. The lowest BCUT2D eigenvalue weighted by Gasteiger charge is -2.09. The zero-order chi connectivity index (χ0) is 17.9. The highest BCUT2D eigenvalue weighted by Gasteiger charge is 2.07. The summed E-state index contributed by atoms with van der Waals surface area (Å²) < 4.78 is 7.46. The summed E-state index contributed by atoms with van der Waals surface area (Å²) in [7, 11) is 1.68. The maximum Gasteiger partial charge on any atom is 0.189 e. The van der Waals surface area contributed by atoms with Gasteiger partial charge in [0.05, 0.1) is 12.8 Å². The normalized spacial score (nSPS) is 12.8. The Morgan fingerprint density at radius 3 is 2.60 bits per heavy atom. The number of methoxy groups -OCH3 is 1. The number of benzene rings is 1. The molecule has 1 aromatic carbocycles. The van der Waals surface area contributed by atoms with Crippen LogP contribution >= 0.6 is 11.3 Å². The molecule has 4 nitrogen and oxygen atoms in total. The van der Waals surface area contributed by atoms with Crippen molar-refractivity contribution in [1.29, 1.82) is 0 Å². The second kappa shape index (κ2) is 10.5. The van der Waals surface area contributed by atoms with E-state index in [0.29, 0.717) is 6.54 Å². The minimum absolute atomic E-state index is 0.659. The fraction of sp³-hybridized carbons (Fsp3) is 0.250. The smallest absolute Gasteiger partial charge is 0.189 e. The molecule has 0 aliphatic heterocycles. The van der Waals surface area contributed by atoms with Gasteiger partial charge in [0.1, 0.15) is 5.75 Å². The summed E-state index contributed by atoms with van der Waals surface area (Å²) in [5.41, 5.74) is 8.00. The Bertz CT molecular complexity index is 795. The summed E-state index contributed by atoms with van der Waals surface area (Å²) in [5.74, 6) is 0.855. The van der Waals surface area contributed by atoms with E-state index in [1.807, 2.05) is 55.6 Å². The van der Waals surface area contributed by atoms with Crippen molar-refractivity contribution in [1.82, 2.24) is 4.57 Å². The number of thiazole rings is 1. The third kappa shape index (κ3) is 5.59. The minimum atomic E-state index is 0.659. The van der Waals surface area contributed by atoms with Crippen LogP contribution in [0.2, 0.25) is 0 Å². The van der Waals surface area contributed by atoms with E-state index in [2.05, 4.69) is 27.1 Å². The Hall–Kier alpha value is -2.37. The third-order valence-corrected chi connectivity index (χ3v) is 4.44. The minimum Gasteiger partial charge on any atom is -0.497 e. The zero-order valence-electron chi connectivity index (χ0n) is 14.8. The van der Waals surface area contributed by atoms with Crippen LogP contribution in [0.4, 0.5) is 0 Å². The maximum absolute atomic E-state index is 5.70. The van der Waals surface area contributed by atoms with Gasteiger partial charge in [0.25, 0.3) is 0 Å².